The molecule has 7 heteroatoms. The summed E-state index contributed by atoms with van der Waals surface area (Å²) in [6, 6.07) is -0.350. The first-order chi connectivity index (χ1) is 7.61. The van der Waals surface area contributed by atoms with Crippen molar-refractivity contribution in [2.45, 2.75) is 25.8 Å². The zero-order chi connectivity index (χ0) is 11.6. The molecule has 1 aliphatic rings. The second kappa shape index (κ2) is 4.50. The summed E-state index contributed by atoms with van der Waals surface area (Å²) in [4.78, 5) is 4.18. The third-order valence-electron chi connectivity index (χ3n) is 2.48. The number of aromatic nitrogens is 2. The summed E-state index contributed by atoms with van der Waals surface area (Å²) >= 11 is 0. The van der Waals surface area contributed by atoms with E-state index < -0.39 is 9.84 Å². The number of nitrogens with zero attached hydrogens (tertiary/aromatic N) is 2. The largest absolute Gasteiger partial charge is 0.338 e. The molecule has 1 aromatic rings. The van der Waals surface area contributed by atoms with Gasteiger partial charge in [0, 0.05) is 13.0 Å². The average Bonchev–Trinajstić information content (AvgIpc) is 2.65. The van der Waals surface area contributed by atoms with Crippen molar-refractivity contribution in [2.24, 2.45) is 0 Å². The molecule has 2 heterocycles. The zero-order valence-corrected chi connectivity index (χ0v) is 9.96. The van der Waals surface area contributed by atoms with Crippen LogP contribution in [0.1, 0.15) is 31.1 Å². The van der Waals surface area contributed by atoms with Crippen LogP contribution in [0.3, 0.4) is 0 Å². The SMILES string of the molecule is CCCc1noc(C2CS(=O)(=O)CCN2)n1. The number of rotatable bonds is 3. The predicted molar refractivity (Wildman–Crippen MR) is 57.7 cm³/mol. The standard InChI is InChI=1S/C9H15N3O3S/c1-2-3-8-11-9(15-12-8)7-6-16(13,14)5-4-10-7/h7,10H,2-6H2,1H3. The minimum atomic E-state index is -2.97. The third-order valence-corrected chi connectivity index (χ3v) is 4.15. The van der Waals surface area contributed by atoms with Crippen LogP contribution in [-0.2, 0) is 16.3 Å². The lowest BCUT2D eigenvalue weighted by molar-refractivity contribution is 0.335. The molecule has 1 atom stereocenters. The molecule has 0 bridgehead atoms. The lowest BCUT2D eigenvalue weighted by atomic mass is 10.3. The summed E-state index contributed by atoms with van der Waals surface area (Å²) in [5.41, 5.74) is 0. The van der Waals surface area contributed by atoms with Crippen molar-refractivity contribution in [1.29, 1.82) is 0 Å². The van der Waals surface area contributed by atoms with Crippen LogP contribution < -0.4 is 5.32 Å². The fourth-order valence-electron chi connectivity index (χ4n) is 1.68. The van der Waals surface area contributed by atoms with Crippen molar-refractivity contribution in [3.63, 3.8) is 0 Å². The van der Waals surface area contributed by atoms with Gasteiger partial charge in [-0.3, -0.25) is 0 Å². The molecule has 0 radical (unpaired) electrons. The van der Waals surface area contributed by atoms with Gasteiger partial charge in [-0.2, -0.15) is 4.98 Å². The Morgan fingerprint density at radius 1 is 1.56 bits per heavy atom. The minimum Gasteiger partial charge on any atom is -0.338 e. The van der Waals surface area contributed by atoms with Gasteiger partial charge < -0.3 is 9.84 Å². The quantitative estimate of drug-likeness (QED) is 0.811. The van der Waals surface area contributed by atoms with E-state index in [4.69, 9.17) is 4.52 Å². The molecular formula is C9H15N3O3S. The first kappa shape index (κ1) is 11.5. The number of sulfone groups is 1. The summed E-state index contributed by atoms with van der Waals surface area (Å²) in [5.74, 6) is 1.24. The van der Waals surface area contributed by atoms with Crippen LogP contribution in [0, 0.1) is 0 Å². The van der Waals surface area contributed by atoms with Crippen LogP contribution in [0.2, 0.25) is 0 Å². The van der Waals surface area contributed by atoms with Gasteiger partial charge in [0.05, 0.1) is 11.5 Å². The van der Waals surface area contributed by atoms with Gasteiger partial charge in [0.15, 0.2) is 15.7 Å². The Bertz CT molecular complexity index is 454. The number of nitrogens with one attached hydrogen (secondary N) is 1. The smallest absolute Gasteiger partial charge is 0.244 e. The monoisotopic (exact) mass is 245 g/mol. The third kappa shape index (κ3) is 2.59. The molecule has 1 fully saturated rings. The van der Waals surface area contributed by atoms with E-state index in [9.17, 15) is 8.42 Å². The first-order valence-electron chi connectivity index (χ1n) is 5.37. The second-order valence-corrected chi connectivity index (χ2v) is 6.15. The average molecular weight is 245 g/mol. The van der Waals surface area contributed by atoms with E-state index in [0.29, 0.717) is 18.3 Å². The number of hydrogen-bond acceptors (Lipinski definition) is 6. The van der Waals surface area contributed by atoms with Crippen LogP contribution in [0.15, 0.2) is 4.52 Å². The maximum absolute atomic E-state index is 11.4. The van der Waals surface area contributed by atoms with Crippen molar-refractivity contribution in [1.82, 2.24) is 15.5 Å². The molecule has 1 unspecified atom stereocenters. The molecular weight excluding hydrogens is 230 g/mol. The highest BCUT2D eigenvalue weighted by molar-refractivity contribution is 7.91. The summed E-state index contributed by atoms with van der Waals surface area (Å²) in [5, 5.41) is 6.88. The minimum absolute atomic E-state index is 0.0424. The Balaban J connectivity index is 2.11. The summed E-state index contributed by atoms with van der Waals surface area (Å²) in [6.07, 6.45) is 1.69. The van der Waals surface area contributed by atoms with Crippen LogP contribution in [0.25, 0.3) is 0 Å². The van der Waals surface area contributed by atoms with Crippen molar-refractivity contribution in [3.05, 3.63) is 11.7 Å². The Kier molecular flexibility index (Phi) is 3.25. The number of hydrogen-bond donors (Lipinski definition) is 1. The molecule has 0 spiro atoms. The van der Waals surface area contributed by atoms with E-state index in [0.717, 1.165) is 12.8 Å². The highest BCUT2D eigenvalue weighted by Gasteiger charge is 2.29. The molecule has 1 aliphatic heterocycles. The molecule has 0 aliphatic carbocycles. The maximum Gasteiger partial charge on any atom is 0.244 e. The van der Waals surface area contributed by atoms with Gasteiger partial charge in [-0.25, -0.2) is 8.42 Å². The summed E-state index contributed by atoms with van der Waals surface area (Å²) < 4.78 is 27.9. The van der Waals surface area contributed by atoms with E-state index in [-0.39, 0.29) is 17.5 Å². The topological polar surface area (TPSA) is 85.1 Å². The molecule has 0 saturated carbocycles. The van der Waals surface area contributed by atoms with Crippen molar-refractivity contribution in [3.8, 4) is 0 Å². The van der Waals surface area contributed by atoms with Crippen LogP contribution in [0.4, 0.5) is 0 Å². The van der Waals surface area contributed by atoms with Gasteiger partial charge >= 0.3 is 0 Å². The predicted octanol–water partition coefficient (Wildman–Crippen LogP) is 0.0812. The zero-order valence-electron chi connectivity index (χ0n) is 9.14. The maximum atomic E-state index is 11.4. The highest BCUT2D eigenvalue weighted by Crippen LogP contribution is 2.17. The molecule has 6 nitrogen and oxygen atoms in total. The van der Waals surface area contributed by atoms with Gasteiger partial charge in [-0.15, -0.1) is 0 Å². The van der Waals surface area contributed by atoms with Gasteiger partial charge in [0.2, 0.25) is 5.89 Å². The fourth-order valence-corrected chi connectivity index (χ4v) is 3.04. The van der Waals surface area contributed by atoms with E-state index in [1.807, 2.05) is 6.92 Å². The second-order valence-electron chi connectivity index (χ2n) is 3.92. The molecule has 90 valence electrons. The molecule has 2 rings (SSSR count). The molecule has 16 heavy (non-hydrogen) atoms. The molecule has 0 aromatic carbocycles. The van der Waals surface area contributed by atoms with E-state index in [1.165, 1.54) is 0 Å². The van der Waals surface area contributed by atoms with Crippen molar-refractivity contribution < 1.29 is 12.9 Å². The van der Waals surface area contributed by atoms with Crippen molar-refractivity contribution in [2.75, 3.05) is 18.1 Å². The Morgan fingerprint density at radius 3 is 3.06 bits per heavy atom. The molecule has 1 saturated heterocycles. The van der Waals surface area contributed by atoms with Gasteiger partial charge in [-0.05, 0) is 6.42 Å². The Labute approximate surface area is 94.3 Å². The van der Waals surface area contributed by atoms with Gasteiger partial charge in [0.1, 0.15) is 6.04 Å². The molecule has 1 aromatic heterocycles. The normalized spacial score (nSPS) is 24.4. The number of aryl methyl sites for hydroxylation is 1. The fraction of sp³-hybridized carbons (Fsp3) is 0.778. The first-order valence-corrected chi connectivity index (χ1v) is 7.19. The van der Waals surface area contributed by atoms with E-state index >= 15 is 0 Å². The molecule has 0 amide bonds. The highest BCUT2D eigenvalue weighted by atomic mass is 32.2. The lowest BCUT2D eigenvalue weighted by Crippen LogP contribution is -2.39. The van der Waals surface area contributed by atoms with E-state index in [2.05, 4.69) is 15.5 Å². The van der Waals surface area contributed by atoms with Gasteiger partial charge in [-0.1, -0.05) is 12.1 Å². The van der Waals surface area contributed by atoms with Crippen LogP contribution in [-0.4, -0.2) is 36.6 Å². The Hall–Kier alpha value is -0.950. The summed E-state index contributed by atoms with van der Waals surface area (Å²) in [6.45, 7) is 2.47. The lowest BCUT2D eigenvalue weighted by Gasteiger charge is -2.19. The van der Waals surface area contributed by atoms with Gasteiger partial charge in [0.25, 0.3) is 0 Å². The molecule has 1 N–H and O–H groups in total. The van der Waals surface area contributed by atoms with Crippen molar-refractivity contribution >= 4 is 9.84 Å². The van der Waals surface area contributed by atoms with E-state index in [1.54, 1.807) is 0 Å². The van der Waals surface area contributed by atoms with Crippen LogP contribution in [0.5, 0.6) is 0 Å². The van der Waals surface area contributed by atoms with Crippen LogP contribution >= 0.6 is 0 Å². The summed E-state index contributed by atoms with van der Waals surface area (Å²) in [7, 11) is -2.97. The Morgan fingerprint density at radius 2 is 2.38 bits per heavy atom.